The van der Waals surface area contributed by atoms with Crippen LogP contribution in [-0.4, -0.2) is 50.7 Å². The van der Waals surface area contributed by atoms with Gasteiger partial charge in [0.2, 0.25) is 0 Å². The molecule has 2 aromatic carbocycles. The third kappa shape index (κ3) is 4.84. The van der Waals surface area contributed by atoms with Crippen molar-refractivity contribution < 1.29 is 13.9 Å². The molecule has 0 saturated carbocycles. The van der Waals surface area contributed by atoms with Crippen molar-refractivity contribution in [2.24, 2.45) is 0 Å². The first kappa shape index (κ1) is 24.0. The van der Waals surface area contributed by atoms with Gasteiger partial charge >= 0.3 is 0 Å². The van der Waals surface area contributed by atoms with Gasteiger partial charge in [0.15, 0.2) is 5.65 Å². The van der Waals surface area contributed by atoms with Gasteiger partial charge in [0, 0.05) is 43.0 Å². The molecule has 9 heteroatoms. The molecule has 1 atom stereocenters. The van der Waals surface area contributed by atoms with E-state index in [1.54, 1.807) is 6.20 Å². The number of hydrogen-bond acceptors (Lipinski definition) is 6. The maximum absolute atomic E-state index is 14.4. The van der Waals surface area contributed by atoms with Crippen LogP contribution in [0.2, 0.25) is 0 Å². The lowest BCUT2D eigenvalue weighted by atomic mass is 9.97. The van der Waals surface area contributed by atoms with Crippen LogP contribution in [0.4, 0.5) is 8.78 Å². The van der Waals surface area contributed by atoms with Gasteiger partial charge in [0.25, 0.3) is 5.56 Å². The van der Waals surface area contributed by atoms with Gasteiger partial charge in [-0.25, -0.2) is 18.7 Å². The fraction of sp³-hybridized carbons (Fsp3) is 0.296. The zero-order valence-corrected chi connectivity index (χ0v) is 20.1. The second-order valence-corrected chi connectivity index (χ2v) is 9.44. The average molecular weight is 492 g/mol. The maximum Gasteiger partial charge on any atom is 0.267 e. The van der Waals surface area contributed by atoms with E-state index >= 15 is 0 Å². The van der Waals surface area contributed by atoms with Crippen molar-refractivity contribution in [1.29, 1.82) is 0 Å². The van der Waals surface area contributed by atoms with E-state index < -0.39 is 11.4 Å². The lowest BCUT2D eigenvalue weighted by Gasteiger charge is -2.23. The molecule has 1 aliphatic heterocycles. The molecule has 3 heterocycles. The largest absolute Gasteiger partial charge is 0.508 e. The molecule has 4 aromatic rings. The number of likely N-dealkylation sites (N-methyl/N-ethyl adjacent to an activating group) is 1. The summed E-state index contributed by atoms with van der Waals surface area (Å²) in [7, 11) is 1.98. The molecule has 1 aliphatic rings. The Morgan fingerprint density at radius 2 is 1.94 bits per heavy atom. The molecule has 0 amide bonds. The highest BCUT2D eigenvalue weighted by molar-refractivity contribution is 5.86. The third-order valence-electron chi connectivity index (χ3n) is 6.52. The fourth-order valence-corrected chi connectivity index (χ4v) is 4.96. The summed E-state index contributed by atoms with van der Waals surface area (Å²) in [5, 5.41) is 13.6. The molecular weight excluding hydrogens is 464 g/mol. The zero-order valence-electron chi connectivity index (χ0n) is 20.1. The van der Waals surface area contributed by atoms with Crippen LogP contribution in [0.1, 0.15) is 24.0 Å². The van der Waals surface area contributed by atoms with E-state index in [0.717, 1.165) is 43.6 Å². The molecule has 0 radical (unpaired) electrons. The highest BCUT2D eigenvalue weighted by Gasteiger charge is 2.21. The van der Waals surface area contributed by atoms with Gasteiger partial charge in [-0.3, -0.25) is 9.36 Å². The predicted octanol–water partition coefficient (Wildman–Crippen LogP) is 3.92. The number of phenols is 1. The lowest BCUT2D eigenvalue weighted by Crippen LogP contribution is -2.35. The minimum absolute atomic E-state index is 0.147. The molecule has 0 bridgehead atoms. The van der Waals surface area contributed by atoms with Crippen LogP contribution in [0.25, 0.3) is 27.8 Å². The SMILES string of the molecule is Cc1cc(F)cc(-c2cnc3ncn(-c4cc(O)cc(F)c4)c(=O)c3c2CN(C)C[C@@H]2CCCN2)c1. The molecule has 2 N–H and O–H groups in total. The number of nitrogens with one attached hydrogen (secondary N) is 1. The summed E-state index contributed by atoms with van der Waals surface area (Å²) in [5.41, 5.74) is 2.60. The molecule has 186 valence electrons. The molecular formula is C27H27F2N5O2. The summed E-state index contributed by atoms with van der Waals surface area (Å²) in [4.78, 5) is 24.7. The second kappa shape index (κ2) is 9.75. The number of nitrogens with zero attached hydrogens (tertiary/aromatic N) is 4. The molecule has 7 nitrogen and oxygen atoms in total. The maximum atomic E-state index is 14.4. The summed E-state index contributed by atoms with van der Waals surface area (Å²) in [6.07, 6.45) is 5.10. The van der Waals surface area contributed by atoms with Gasteiger partial charge in [-0.05, 0) is 68.2 Å². The van der Waals surface area contributed by atoms with Crippen LogP contribution >= 0.6 is 0 Å². The highest BCUT2D eigenvalue weighted by Crippen LogP contribution is 2.30. The Kier molecular flexibility index (Phi) is 6.51. The molecule has 36 heavy (non-hydrogen) atoms. The van der Waals surface area contributed by atoms with Gasteiger partial charge in [0.1, 0.15) is 23.7 Å². The van der Waals surface area contributed by atoms with Crippen molar-refractivity contribution in [2.75, 3.05) is 20.1 Å². The quantitative estimate of drug-likeness (QED) is 0.425. The van der Waals surface area contributed by atoms with Crippen molar-refractivity contribution in [2.45, 2.75) is 32.4 Å². The Morgan fingerprint density at radius 3 is 2.67 bits per heavy atom. The normalized spacial score (nSPS) is 15.8. The number of benzene rings is 2. The first-order valence-electron chi connectivity index (χ1n) is 11.9. The lowest BCUT2D eigenvalue weighted by molar-refractivity contribution is 0.294. The number of halogens is 2. The van der Waals surface area contributed by atoms with Crippen LogP contribution in [0.15, 0.2) is 53.7 Å². The van der Waals surface area contributed by atoms with E-state index in [1.165, 1.54) is 29.1 Å². The Hall–Kier alpha value is -3.69. The Bertz CT molecular complexity index is 1450. The van der Waals surface area contributed by atoms with E-state index in [4.69, 9.17) is 0 Å². The number of aryl methyl sites for hydroxylation is 1. The summed E-state index contributed by atoms with van der Waals surface area (Å²) in [6.45, 7) is 3.97. The van der Waals surface area contributed by atoms with E-state index in [-0.39, 0.29) is 28.3 Å². The standard InChI is InChI=1S/C27H27F2N5O2/c1-16-6-17(8-18(28)7-16)23-12-31-26-25(24(23)14-33(2)13-20-4-3-5-30-20)27(36)34(15-32-26)21-9-19(29)10-22(35)11-21/h6-12,15,20,30,35H,3-5,13-14H2,1-2H3/t20-/m0/s1. The van der Waals surface area contributed by atoms with E-state index in [9.17, 15) is 18.7 Å². The van der Waals surface area contributed by atoms with E-state index in [2.05, 4.69) is 20.2 Å². The number of pyridine rings is 1. The molecule has 0 aliphatic carbocycles. The van der Waals surface area contributed by atoms with Crippen LogP contribution in [-0.2, 0) is 6.54 Å². The minimum atomic E-state index is -0.678. The number of aromatic hydroxyl groups is 1. The van der Waals surface area contributed by atoms with Crippen molar-refractivity contribution in [3.8, 4) is 22.6 Å². The van der Waals surface area contributed by atoms with Crippen molar-refractivity contribution in [3.05, 3.63) is 82.0 Å². The molecule has 2 aromatic heterocycles. The fourth-order valence-electron chi connectivity index (χ4n) is 4.96. The molecule has 0 unspecified atom stereocenters. The van der Waals surface area contributed by atoms with Gasteiger partial charge in [-0.1, -0.05) is 6.07 Å². The number of rotatable bonds is 6. The number of phenolic OH excluding ortho intramolecular Hbond substituents is 1. The molecule has 0 spiro atoms. The van der Waals surface area contributed by atoms with Crippen LogP contribution < -0.4 is 10.9 Å². The summed E-state index contributed by atoms with van der Waals surface area (Å²) in [6, 6.07) is 8.49. The number of hydrogen-bond donors (Lipinski definition) is 2. The minimum Gasteiger partial charge on any atom is -0.508 e. The Balaban J connectivity index is 1.71. The summed E-state index contributed by atoms with van der Waals surface area (Å²) < 4.78 is 29.6. The molecule has 1 saturated heterocycles. The predicted molar refractivity (Wildman–Crippen MR) is 134 cm³/mol. The van der Waals surface area contributed by atoms with Crippen molar-refractivity contribution in [1.82, 2.24) is 24.8 Å². The third-order valence-corrected chi connectivity index (χ3v) is 6.52. The number of fused-ring (bicyclic) bond motifs is 1. The summed E-state index contributed by atoms with van der Waals surface area (Å²) in [5.74, 6) is -1.36. The highest BCUT2D eigenvalue weighted by atomic mass is 19.1. The van der Waals surface area contributed by atoms with Gasteiger partial charge < -0.3 is 15.3 Å². The topological polar surface area (TPSA) is 83.3 Å². The van der Waals surface area contributed by atoms with Crippen LogP contribution in [0.3, 0.4) is 0 Å². The summed E-state index contributed by atoms with van der Waals surface area (Å²) >= 11 is 0. The second-order valence-electron chi connectivity index (χ2n) is 9.44. The van der Waals surface area contributed by atoms with Crippen molar-refractivity contribution in [3.63, 3.8) is 0 Å². The van der Waals surface area contributed by atoms with Gasteiger partial charge in [-0.15, -0.1) is 0 Å². The van der Waals surface area contributed by atoms with Crippen molar-refractivity contribution >= 4 is 11.0 Å². The van der Waals surface area contributed by atoms with Crippen LogP contribution in [0, 0.1) is 18.6 Å². The first-order valence-corrected chi connectivity index (χ1v) is 11.9. The monoisotopic (exact) mass is 491 g/mol. The van der Waals surface area contributed by atoms with Gasteiger partial charge in [-0.2, -0.15) is 0 Å². The van der Waals surface area contributed by atoms with E-state index in [0.29, 0.717) is 29.3 Å². The van der Waals surface area contributed by atoms with E-state index in [1.807, 2.05) is 20.0 Å². The van der Waals surface area contributed by atoms with Gasteiger partial charge in [0.05, 0.1) is 11.1 Å². The Morgan fingerprint density at radius 1 is 1.14 bits per heavy atom. The molecule has 1 fully saturated rings. The average Bonchev–Trinajstić information content (AvgIpc) is 3.31. The molecule has 5 rings (SSSR count). The van der Waals surface area contributed by atoms with Crippen LogP contribution in [0.5, 0.6) is 5.75 Å². The number of aromatic nitrogens is 3. The first-order chi connectivity index (χ1) is 17.3. The zero-order chi connectivity index (χ0) is 25.4. The smallest absolute Gasteiger partial charge is 0.267 e. The Labute approximate surface area is 207 Å².